The first-order valence-corrected chi connectivity index (χ1v) is 32.0. The number of aliphatic imine (C=N–C) groups is 2. The molecule has 0 radical (unpaired) electrons. The number of carbonyl (C=O) groups excluding carboxylic acids is 9. The number of carboxylic acids is 1. The second-order valence-electron chi connectivity index (χ2n) is 23.5. The molecule has 3 aromatic carbocycles. The van der Waals surface area contributed by atoms with Crippen molar-refractivity contribution in [2.75, 3.05) is 32.7 Å². The van der Waals surface area contributed by atoms with Crippen LogP contribution < -0.4 is 81.8 Å². The number of unbranched alkanes of at least 4 members (excludes halogenated alkanes) is 1. The summed E-state index contributed by atoms with van der Waals surface area (Å²) < 4.78 is 0. The zero-order valence-electron chi connectivity index (χ0n) is 53.9. The number of phenolic OH excluding ortho intramolecular Hbond substituents is 1. The number of rotatable bonds is 40. The summed E-state index contributed by atoms with van der Waals surface area (Å²) >= 11 is 0. The Morgan fingerprint density at radius 1 is 0.588 bits per heavy atom. The van der Waals surface area contributed by atoms with Gasteiger partial charge in [-0.3, -0.25) is 53.1 Å². The van der Waals surface area contributed by atoms with Crippen molar-refractivity contribution in [1.29, 1.82) is 0 Å². The third-order valence-corrected chi connectivity index (χ3v) is 15.9. The quantitative estimate of drug-likeness (QED) is 0.0102. The van der Waals surface area contributed by atoms with Gasteiger partial charge in [-0.1, -0.05) is 60.7 Å². The number of nitrogens with one attached hydrogen (secondary N) is 12. The van der Waals surface area contributed by atoms with Crippen LogP contribution in [0.3, 0.4) is 0 Å². The Kier molecular flexibility index (Phi) is 30.0. The molecule has 2 aromatic heterocycles. The van der Waals surface area contributed by atoms with Crippen LogP contribution in [0.5, 0.6) is 5.75 Å². The number of carbonyl (C=O) groups is 10. The van der Waals surface area contributed by atoms with Crippen LogP contribution in [0.2, 0.25) is 0 Å². The number of hydrogen-bond donors (Lipinski definition) is 20. The third kappa shape index (κ3) is 25.2. The lowest BCUT2D eigenvalue weighted by atomic mass is 10.0. The van der Waals surface area contributed by atoms with Crippen LogP contribution in [0, 0.1) is 0 Å². The molecule has 0 unspecified atom stereocenters. The Morgan fingerprint density at radius 2 is 1.12 bits per heavy atom. The molecule has 3 heterocycles. The first kappa shape index (κ1) is 75.4. The van der Waals surface area contributed by atoms with Crippen LogP contribution in [0.25, 0.3) is 10.9 Å². The van der Waals surface area contributed by atoms with Gasteiger partial charge in [-0.25, -0.2) is 9.78 Å². The van der Waals surface area contributed by atoms with E-state index in [0.29, 0.717) is 54.7 Å². The molecule has 1 fully saturated rings. The zero-order valence-corrected chi connectivity index (χ0v) is 53.9. The van der Waals surface area contributed by atoms with Gasteiger partial charge >= 0.3 is 5.97 Å². The number of guanidine groups is 2. The number of benzene rings is 3. The monoisotopic (exact) mass is 1350 g/mol. The molecule has 0 saturated carbocycles. The first-order valence-electron chi connectivity index (χ1n) is 32.0. The highest BCUT2D eigenvalue weighted by Gasteiger charge is 2.36. The Labute approximate surface area is 559 Å². The largest absolute Gasteiger partial charge is 0.508 e. The van der Waals surface area contributed by atoms with Gasteiger partial charge in [0.1, 0.15) is 54.1 Å². The molecule has 10 atom stereocenters. The van der Waals surface area contributed by atoms with E-state index in [4.69, 9.17) is 28.7 Å². The molecular weight excluding hydrogens is 1260 g/mol. The van der Waals surface area contributed by atoms with Crippen LogP contribution >= 0.6 is 0 Å². The number of aliphatic carboxylic acids is 1. The van der Waals surface area contributed by atoms with Gasteiger partial charge in [0.05, 0.1) is 25.0 Å². The number of aliphatic hydroxyl groups is 1. The fourth-order valence-electron chi connectivity index (χ4n) is 10.7. The van der Waals surface area contributed by atoms with Crippen LogP contribution in [-0.2, 0) is 73.6 Å². The van der Waals surface area contributed by atoms with E-state index in [1.54, 1.807) is 36.5 Å². The highest BCUT2D eigenvalue weighted by atomic mass is 16.4. The minimum absolute atomic E-state index is 0.00551. The first-order chi connectivity index (χ1) is 46.5. The Balaban J connectivity index is 1.20. The number of nitrogens with two attached hydrogens (primary N) is 5. The van der Waals surface area contributed by atoms with Gasteiger partial charge in [0.15, 0.2) is 11.9 Å². The summed E-state index contributed by atoms with van der Waals surface area (Å²) in [7, 11) is 0. The molecule has 1 aliphatic rings. The minimum Gasteiger partial charge on any atom is -0.508 e. The maximum atomic E-state index is 14.8. The molecule has 25 N–H and O–H groups in total. The summed E-state index contributed by atoms with van der Waals surface area (Å²) in [6.07, 6.45) is 4.54. The van der Waals surface area contributed by atoms with Crippen LogP contribution in [-0.4, -0.2) is 195 Å². The fraction of sp³-hybridized carbons (Fsp3) is 0.453. The number of hydrogen-bond acceptors (Lipinski definition) is 17. The highest BCUT2D eigenvalue weighted by molar-refractivity contribution is 5.99. The predicted molar refractivity (Wildman–Crippen MR) is 358 cm³/mol. The summed E-state index contributed by atoms with van der Waals surface area (Å²) in [5.41, 5.74) is 30.7. The SMILES string of the molecule is C[C@@H](O)[C@H](NC(=O)[C@H](Cc1ccc(O)cc1)NC(=O)CNC(=O)[C@H](Cc1cnc[nH]1)NC(=O)[C@H](CCCN=C(N)N)NC(=O)[C@H](Cc1c[nH]c2ccccc12)NC(=O)[C@H](CCCCN)NC(=O)[C@@H]1CCCN1)C(=O)N[C@@H](CCCN=C(N)N)C(=O)N[C@@H](Cc1ccccc1)C(=O)O. The molecule has 33 nitrogen and oxygen atoms in total. The summed E-state index contributed by atoms with van der Waals surface area (Å²) in [5.74, 6) is -9.65. The van der Waals surface area contributed by atoms with E-state index in [1.165, 1.54) is 43.7 Å². The van der Waals surface area contributed by atoms with Crippen LogP contribution in [0.1, 0.15) is 87.1 Å². The topological polar surface area (TPSA) is 551 Å². The number of para-hydroxylation sites is 1. The average Bonchev–Trinajstić information content (AvgIpc) is 1.73. The number of fused-ring (bicyclic) bond motifs is 1. The number of amides is 9. The Bertz CT molecular complexity index is 3480. The summed E-state index contributed by atoms with van der Waals surface area (Å²) in [6.45, 7) is 1.33. The molecule has 0 aliphatic carbocycles. The van der Waals surface area contributed by atoms with Crippen molar-refractivity contribution >= 4 is 82.0 Å². The van der Waals surface area contributed by atoms with E-state index in [1.807, 2.05) is 24.3 Å². The van der Waals surface area contributed by atoms with Crippen molar-refractivity contribution < 1.29 is 63.3 Å². The molecule has 0 bridgehead atoms. The summed E-state index contributed by atoms with van der Waals surface area (Å²) in [4.78, 5) is 158. The number of aromatic hydroxyl groups is 1. The Morgan fingerprint density at radius 3 is 1.71 bits per heavy atom. The Hall–Kier alpha value is -10.7. The summed E-state index contributed by atoms with van der Waals surface area (Å²) in [5, 5.41) is 58.5. The minimum atomic E-state index is -1.81. The van der Waals surface area contributed by atoms with Crippen molar-refractivity contribution in [2.45, 2.75) is 151 Å². The molecule has 1 aliphatic heterocycles. The number of aliphatic hydroxyl groups excluding tert-OH is 1. The smallest absolute Gasteiger partial charge is 0.326 e. The predicted octanol–water partition coefficient (Wildman–Crippen LogP) is -3.68. The number of phenols is 1. The lowest BCUT2D eigenvalue weighted by Crippen LogP contribution is -2.61. The molecule has 5 aromatic rings. The number of nitrogens with zero attached hydrogens (tertiary/aromatic N) is 3. The number of imidazole rings is 1. The van der Waals surface area contributed by atoms with Gasteiger partial charge in [-0.05, 0) is 113 Å². The second kappa shape index (κ2) is 38.6. The van der Waals surface area contributed by atoms with E-state index in [0.717, 1.165) is 17.3 Å². The molecule has 1 saturated heterocycles. The van der Waals surface area contributed by atoms with E-state index >= 15 is 0 Å². The van der Waals surface area contributed by atoms with Gasteiger partial charge < -0.3 is 107 Å². The van der Waals surface area contributed by atoms with E-state index in [-0.39, 0.29) is 94.5 Å². The lowest BCUT2D eigenvalue weighted by molar-refractivity contribution is -0.142. The number of aromatic amines is 2. The van der Waals surface area contributed by atoms with Crippen LogP contribution in [0.4, 0.5) is 0 Å². The van der Waals surface area contributed by atoms with Gasteiger partial charge in [-0.2, -0.15) is 0 Å². The number of carboxylic acid groups (broad SMARTS) is 1. The highest BCUT2D eigenvalue weighted by Crippen LogP contribution is 2.21. The van der Waals surface area contributed by atoms with Gasteiger partial charge in [-0.15, -0.1) is 0 Å². The van der Waals surface area contributed by atoms with E-state index < -0.39 is 120 Å². The van der Waals surface area contributed by atoms with Gasteiger partial charge in [0, 0.05) is 67.8 Å². The fourth-order valence-corrected chi connectivity index (χ4v) is 10.7. The maximum absolute atomic E-state index is 14.8. The van der Waals surface area contributed by atoms with Crippen molar-refractivity contribution in [1.82, 2.24) is 68.1 Å². The van der Waals surface area contributed by atoms with Crippen molar-refractivity contribution in [2.24, 2.45) is 38.7 Å². The number of aromatic nitrogens is 3. The second-order valence-corrected chi connectivity index (χ2v) is 23.5. The normalized spacial score (nSPS) is 15.4. The van der Waals surface area contributed by atoms with Gasteiger partial charge in [0.2, 0.25) is 53.2 Å². The zero-order chi connectivity index (χ0) is 70.4. The molecule has 9 amide bonds. The van der Waals surface area contributed by atoms with E-state index in [9.17, 15) is 63.3 Å². The summed E-state index contributed by atoms with van der Waals surface area (Å²) in [6, 6.07) is 9.17. The van der Waals surface area contributed by atoms with Crippen molar-refractivity contribution in [3.63, 3.8) is 0 Å². The molecule has 97 heavy (non-hydrogen) atoms. The van der Waals surface area contributed by atoms with Crippen LogP contribution in [0.15, 0.2) is 108 Å². The average molecular weight is 1350 g/mol. The van der Waals surface area contributed by atoms with Crippen molar-refractivity contribution in [3.8, 4) is 5.75 Å². The van der Waals surface area contributed by atoms with E-state index in [2.05, 4.69) is 78.1 Å². The molecule has 33 heteroatoms. The third-order valence-electron chi connectivity index (χ3n) is 15.9. The van der Waals surface area contributed by atoms with Crippen molar-refractivity contribution in [3.05, 3.63) is 120 Å². The number of H-pyrrole nitrogens is 2. The molecular formula is C64H90N20O13. The maximum Gasteiger partial charge on any atom is 0.326 e. The van der Waals surface area contributed by atoms with Gasteiger partial charge in [0.25, 0.3) is 0 Å². The molecule has 0 spiro atoms. The molecule has 6 rings (SSSR count). The molecule has 524 valence electrons. The standard InChI is InChI=1S/C64H90N20O13/c1-36(85)53(61(95)80-47(19-11-27-73-64(68)69)58(92)83-51(62(96)97)29-37-12-3-2-4-13-37)84-60(94)48(28-38-20-22-41(86)23-21-38)77-52(87)34-75-54(88)50(31-40-33-70-35-76-40)82-57(91)46(18-10-26-72-63(66)67)79-59(93)49(30-39-32-74-43-15-6-5-14-42(39)43)81-56(90)45(16-7-8-24-65)78-55(89)44-17-9-25-71-44/h2-6,12-15,20-23,32-33,35-36,44-51,53,71,74,85-86H,7-11,16-19,24-31,34,65H2,1H3,(H,70,76)(H,75,88)(H,77,87)(H,78,89)(H,79,93)(H,80,95)(H,81,90)(H,82,91)(H,83,92)(H,84,94)(H,96,97)(H4,66,67,72)(H4,68,69,73)/t36-,44+,45+,46+,47+,48+,49+,50+,51+,53+/m1/s1. The lowest BCUT2D eigenvalue weighted by Gasteiger charge is -2.27.